The number of ketones is 1. The predicted octanol–water partition coefficient (Wildman–Crippen LogP) is 4.14. The number of thiazole rings is 1. The Morgan fingerprint density at radius 3 is 2.89 bits per heavy atom. The van der Waals surface area contributed by atoms with Crippen LogP contribution in [0.3, 0.4) is 0 Å². The van der Waals surface area contributed by atoms with E-state index in [0.717, 1.165) is 22.6 Å². The number of aliphatic hydroxyl groups is 1. The number of aromatic nitrogens is 2. The summed E-state index contributed by atoms with van der Waals surface area (Å²) in [4.78, 5) is 49.2. The number of ether oxygens (including phenoxy) is 2. The first-order valence-electron chi connectivity index (χ1n) is 11.6. The summed E-state index contributed by atoms with van der Waals surface area (Å²) in [6, 6.07) is 7.55. The number of hydrogen-bond donors (Lipinski definition) is 1. The Kier molecular flexibility index (Phi) is 6.34. The summed E-state index contributed by atoms with van der Waals surface area (Å²) in [5, 5.41) is 11.5. The van der Waals surface area contributed by atoms with Gasteiger partial charge < -0.3 is 14.6 Å². The molecule has 1 N–H and O–H groups in total. The van der Waals surface area contributed by atoms with Crippen LogP contribution in [-0.4, -0.2) is 45.4 Å². The van der Waals surface area contributed by atoms with Gasteiger partial charge in [-0.2, -0.15) is 0 Å². The van der Waals surface area contributed by atoms with E-state index in [4.69, 9.17) is 9.47 Å². The van der Waals surface area contributed by atoms with Gasteiger partial charge in [0, 0.05) is 24.4 Å². The fourth-order valence-corrected chi connectivity index (χ4v) is 5.47. The molecule has 1 fully saturated rings. The number of carbonyl (C=O) groups is 3. The zero-order valence-corrected chi connectivity index (χ0v) is 20.9. The van der Waals surface area contributed by atoms with E-state index in [0.29, 0.717) is 23.2 Å². The monoisotopic (exact) mass is 517 g/mol. The van der Waals surface area contributed by atoms with E-state index in [9.17, 15) is 19.5 Å². The average molecular weight is 518 g/mol. The molecule has 1 aromatic carbocycles. The number of nitrogens with zero attached hydrogens (tertiary/aromatic N) is 3. The maximum absolute atomic E-state index is 13.4. The number of esters is 1. The highest BCUT2D eigenvalue weighted by atomic mass is 32.1. The lowest BCUT2D eigenvalue weighted by atomic mass is 9.95. The molecule has 0 radical (unpaired) electrons. The normalized spacial score (nSPS) is 20.0. The second-order valence-electron chi connectivity index (χ2n) is 8.71. The summed E-state index contributed by atoms with van der Waals surface area (Å²) in [5.74, 6) is -1.92. The molecule has 1 saturated heterocycles. The van der Waals surface area contributed by atoms with Crippen molar-refractivity contribution in [3.63, 3.8) is 0 Å². The maximum atomic E-state index is 13.4. The number of amides is 1. The molecule has 5 rings (SSSR count). The third-order valence-corrected chi connectivity index (χ3v) is 7.26. The van der Waals surface area contributed by atoms with Crippen LogP contribution in [0.2, 0.25) is 0 Å². The third-order valence-electron chi connectivity index (χ3n) is 6.12. The number of fused-ring (bicyclic) bond motifs is 1. The van der Waals surface area contributed by atoms with Crippen molar-refractivity contribution >= 4 is 39.9 Å². The van der Waals surface area contributed by atoms with Gasteiger partial charge in [-0.25, -0.2) is 9.78 Å². The Morgan fingerprint density at radius 1 is 1.35 bits per heavy atom. The van der Waals surface area contributed by atoms with Crippen LogP contribution < -0.4 is 9.64 Å². The lowest BCUT2D eigenvalue weighted by Gasteiger charge is -2.22. The summed E-state index contributed by atoms with van der Waals surface area (Å²) < 4.78 is 10.9. The van der Waals surface area contributed by atoms with Gasteiger partial charge in [0.25, 0.3) is 5.78 Å². The molecule has 0 spiro atoms. The fourth-order valence-electron chi connectivity index (χ4n) is 4.48. The minimum atomic E-state index is -1.00. The van der Waals surface area contributed by atoms with Gasteiger partial charge in [-0.1, -0.05) is 30.1 Å². The van der Waals surface area contributed by atoms with Crippen molar-refractivity contribution in [2.45, 2.75) is 32.4 Å². The van der Waals surface area contributed by atoms with Crippen LogP contribution in [0, 0.1) is 6.92 Å². The van der Waals surface area contributed by atoms with Crippen molar-refractivity contribution < 1.29 is 29.0 Å². The number of aliphatic hydroxyl groups excluding tert-OH is 1. The minimum absolute atomic E-state index is 0.00822. The first kappa shape index (κ1) is 24.4. The molecule has 37 heavy (non-hydrogen) atoms. The van der Waals surface area contributed by atoms with Gasteiger partial charge in [-0.05, 0) is 49.2 Å². The van der Waals surface area contributed by atoms with Gasteiger partial charge >= 0.3 is 11.9 Å². The second kappa shape index (κ2) is 9.62. The Morgan fingerprint density at radius 2 is 2.16 bits per heavy atom. The smallest absolute Gasteiger partial charge is 0.350 e. The van der Waals surface area contributed by atoms with Gasteiger partial charge in [-0.3, -0.25) is 19.5 Å². The third kappa shape index (κ3) is 4.29. The standard InChI is InChI=1S/C27H23N3O6S/c1-4-10-35-26(34)24-15(3)29-27(37-24)30-21(17-6-5-9-28-13-17)20(23(32)25(30)33)22(31)16-7-8-19-18(12-16)11-14(2)36-19/h4-9,12-14,21,31H,1,10-11H2,2-3H3/t14-,21-/m1/s1. The van der Waals surface area contributed by atoms with Crippen molar-refractivity contribution in [2.24, 2.45) is 0 Å². The summed E-state index contributed by atoms with van der Waals surface area (Å²) in [6.07, 6.45) is 5.21. The molecule has 2 aromatic heterocycles. The van der Waals surface area contributed by atoms with Gasteiger partial charge in [0.05, 0.1) is 17.3 Å². The Labute approximate surface area is 216 Å². The van der Waals surface area contributed by atoms with E-state index in [2.05, 4.69) is 16.5 Å². The Bertz CT molecular complexity index is 1460. The lowest BCUT2D eigenvalue weighted by molar-refractivity contribution is -0.132. The number of anilines is 1. The molecule has 0 saturated carbocycles. The first-order chi connectivity index (χ1) is 17.8. The molecule has 1 amide bonds. The molecule has 3 aromatic rings. The number of pyridine rings is 1. The topological polar surface area (TPSA) is 119 Å². The molecule has 2 aliphatic heterocycles. The molecule has 9 nitrogen and oxygen atoms in total. The Hall–Kier alpha value is -4.31. The van der Waals surface area contributed by atoms with E-state index < -0.39 is 23.7 Å². The van der Waals surface area contributed by atoms with Crippen molar-refractivity contribution in [3.05, 3.63) is 88.2 Å². The van der Waals surface area contributed by atoms with E-state index in [1.54, 1.807) is 43.5 Å². The van der Waals surface area contributed by atoms with Gasteiger partial charge in [0.1, 0.15) is 29.1 Å². The van der Waals surface area contributed by atoms with Crippen LogP contribution in [0.15, 0.2) is 61.0 Å². The number of hydrogen-bond acceptors (Lipinski definition) is 9. The van der Waals surface area contributed by atoms with Crippen LogP contribution in [0.5, 0.6) is 5.75 Å². The highest BCUT2D eigenvalue weighted by Crippen LogP contribution is 2.44. The first-order valence-corrected chi connectivity index (χ1v) is 12.4. The molecule has 2 aliphatic rings. The minimum Gasteiger partial charge on any atom is -0.507 e. The highest BCUT2D eigenvalue weighted by Gasteiger charge is 2.48. The van der Waals surface area contributed by atoms with Crippen molar-refractivity contribution in [1.29, 1.82) is 0 Å². The van der Waals surface area contributed by atoms with E-state index >= 15 is 0 Å². The molecular formula is C27H23N3O6S. The number of aryl methyl sites for hydroxylation is 1. The molecule has 10 heteroatoms. The van der Waals surface area contributed by atoms with E-state index in [-0.39, 0.29) is 34.1 Å². The quantitative estimate of drug-likeness (QED) is 0.170. The van der Waals surface area contributed by atoms with E-state index in [1.165, 1.54) is 17.2 Å². The molecule has 4 heterocycles. The number of Topliss-reactive ketones (excluding diaryl/α,β-unsaturated/α-hetero) is 1. The summed E-state index contributed by atoms with van der Waals surface area (Å²) in [5.41, 5.74) is 2.07. The highest BCUT2D eigenvalue weighted by molar-refractivity contribution is 7.17. The zero-order valence-electron chi connectivity index (χ0n) is 20.1. The van der Waals surface area contributed by atoms with Crippen LogP contribution in [0.4, 0.5) is 5.13 Å². The fraction of sp³-hybridized carbons (Fsp3) is 0.222. The van der Waals surface area contributed by atoms with Crippen LogP contribution in [0.1, 0.15) is 45.0 Å². The van der Waals surface area contributed by atoms with Crippen molar-refractivity contribution in [1.82, 2.24) is 9.97 Å². The van der Waals surface area contributed by atoms with Crippen molar-refractivity contribution in [2.75, 3.05) is 11.5 Å². The predicted molar refractivity (Wildman–Crippen MR) is 137 cm³/mol. The summed E-state index contributed by atoms with van der Waals surface area (Å²) in [7, 11) is 0. The maximum Gasteiger partial charge on any atom is 0.350 e. The molecule has 2 atom stereocenters. The van der Waals surface area contributed by atoms with Gasteiger partial charge in [0.2, 0.25) is 0 Å². The van der Waals surface area contributed by atoms with E-state index in [1.807, 2.05) is 6.92 Å². The average Bonchev–Trinajstić information content (AvgIpc) is 3.54. The number of benzene rings is 1. The molecule has 0 bridgehead atoms. The van der Waals surface area contributed by atoms with Crippen LogP contribution in [0.25, 0.3) is 5.76 Å². The number of carbonyl (C=O) groups excluding carboxylic acids is 3. The SMILES string of the molecule is C=CCOC(=O)c1sc(N2C(=O)C(=O)C(=C(O)c3ccc4c(c3)C[C@@H](C)O4)[C@H]2c2cccnc2)nc1C. The zero-order chi connectivity index (χ0) is 26.3. The van der Waals surface area contributed by atoms with Crippen LogP contribution >= 0.6 is 11.3 Å². The molecule has 0 unspecified atom stereocenters. The van der Waals surface area contributed by atoms with Crippen molar-refractivity contribution in [3.8, 4) is 5.75 Å². The van der Waals surface area contributed by atoms with Crippen LogP contribution in [-0.2, 0) is 20.7 Å². The summed E-state index contributed by atoms with van der Waals surface area (Å²) in [6.45, 7) is 7.12. The largest absolute Gasteiger partial charge is 0.507 e. The molecular weight excluding hydrogens is 494 g/mol. The molecule has 188 valence electrons. The van der Waals surface area contributed by atoms with Gasteiger partial charge in [0.15, 0.2) is 5.13 Å². The molecule has 0 aliphatic carbocycles. The Balaban J connectivity index is 1.63. The number of rotatable bonds is 6. The van der Waals surface area contributed by atoms with Gasteiger partial charge in [-0.15, -0.1) is 0 Å². The second-order valence-corrected chi connectivity index (χ2v) is 9.69. The lowest BCUT2D eigenvalue weighted by Crippen LogP contribution is -2.29. The summed E-state index contributed by atoms with van der Waals surface area (Å²) >= 11 is 0.937.